The predicted molar refractivity (Wildman–Crippen MR) is 70.7 cm³/mol. The summed E-state index contributed by atoms with van der Waals surface area (Å²) in [5, 5.41) is 3.36. The molecule has 1 aromatic rings. The van der Waals surface area contributed by atoms with Crippen LogP contribution in [0.2, 0.25) is 0 Å². The summed E-state index contributed by atoms with van der Waals surface area (Å²) in [5.74, 6) is 0. The van der Waals surface area contributed by atoms with Crippen LogP contribution in [0.3, 0.4) is 0 Å². The smallest absolute Gasteiger partial charge is 0.0949 e. The van der Waals surface area contributed by atoms with Gasteiger partial charge in [-0.25, -0.2) is 0 Å². The van der Waals surface area contributed by atoms with Crippen LogP contribution in [0.1, 0.15) is 30.1 Å². The standard InChI is InChI=1S/C15H21NO2/c1-17-15(6-7-15)10-12-2-4-13(5-3-12)14-11-16-8-9-18-14/h2-5,14,16H,6-11H2,1H3. The highest BCUT2D eigenvalue weighted by Crippen LogP contribution is 2.41. The Bertz CT molecular complexity index is 391. The van der Waals surface area contributed by atoms with Crippen LogP contribution in [-0.2, 0) is 15.9 Å². The third-order valence-electron chi connectivity index (χ3n) is 4.05. The van der Waals surface area contributed by atoms with E-state index >= 15 is 0 Å². The Kier molecular flexibility index (Phi) is 3.37. The van der Waals surface area contributed by atoms with E-state index in [1.54, 1.807) is 0 Å². The summed E-state index contributed by atoms with van der Waals surface area (Å²) in [6, 6.07) is 8.82. The van der Waals surface area contributed by atoms with E-state index in [0.29, 0.717) is 0 Å². The van der Waals surface area contributed by atoms with E-state index in [4.69, 9.17) is 9.47 Å². The molecule has 1 heterocycles. The van der Waals surface area contributed by atoms with Gasteiger partial charge in [-0.15, -0.1) is 0 Å². The number of ether oxygens (including phenoxy) is 2. The van der Waals surface area contributed by atoms with Crippen LogP contribution in [0.5, 0.6) is 0 Å². The maximum absolute atomic E-state index is 5.75. The number of hydrogen-bond acceptors (Lipinski definition) is 3. The zero-order chi connectivity index (χ0) is 12.4. The zero-order valence-corrected chi connectivity index (χ0v) is 10.9. The SMILES string of the molecule is COC1(Cc2ccc(C3CNCCO3)cc2)CC1. The molecule has 1 aromatic carbocycles. The molecule has 3 heteroatoms. The molecular weight excluding hydrogens is 226 g/mol. The van der Waals surface area contributed by atoms with Gasteiger partial charge in [0.1, 0.15) is 0 Å². The van der Waals surface area contributed by atoms with Gasteiger partial charge in [-0.1, -0.05) is 24.3 Å². The van der Waals surface area contributed by atoms with Crippen LogP contribution < -0.4 is 5.32 Å². The molecule has 3 nitrogen and oxygen atoms in total. The third-order valence-corrected chi connectivity index (χ3v) is 4.05. The lowest BCUT2D eigenvalue weighted by molar-refractivity contribution is 0.0277. The normalized spacial score (nSPS) is 25.9. The van der Waals surface area contributed by atoms with E-state index < -0.39 is 0 Å². The van der Waals surface area contributed by atoms with Crippen molar-refractivity contribution in [2.45, 2.75) is 31.0 Å². The second-order valence-electron chi connectivity index (χ2n) is 5.37. The van der Waals surface area contributed by atoms with Crippen molar-refractivity contribution in [2.24, 2.45) is 0 Å². The summed E-state index contributed by atoms with van der Waals surface area (Å²) in [7, 11) is 1.82. The first-order valence-electron chi connectivity index (χ1n) is 6.78. The number of nitrogens with one attached hydrogen (secondary N) is 1. The quantitative estimate of drug-likeness (QED) is 0.883. The molecule has 98 valence electrons. The van der Waals surface area contributed by atoms with Crippen molar-refractivity contribution in [3.63, 3.8) is 0 Å². The number of benzene rings is 1. The van der Waals surface area contributed by atoms with Crippen LogP contribution in [0.25, 0.3) is 0 Å². The van der Waals surface area contributed by atoms with E-state index in [0.717, 1.165) is 26.1 Å². The van der Waals surface area contributed by atoms with Crippen molar-refractivity contribution < 1.29 is 9.47 Å². The van der Waals surface area contributed by atoms with Gasteiger partial charge in [0.15, 0.2) is 0 Å². The maximum atomic E-state index is 5.75. The highest BCUT2D eigenvalue weighted by molar-refractivity contribution is 5.27. The molecule has 1 saturated heterocycles. The number of methoxy groups -OCH3 is 1. The molecule has 2 fully saturated rings. The van der Waals surface area contributed by atoms with E-state index in [2.05, 4.69) is 29.6 Å². The molecule has 0 aromatic heterocycles. The summed E-state index contributed by atoms with van der Waals surface area (Å²) in [6.45, 7) is 2.69. The van der Waals surface area contributed by atoms with Crippen molar-refractivity contribution in [3.05, 3.63) is 35.4 Å². The lowest BCUT2D eigenvalue weighted by atomic mass is 10.0. The molecule has 1 atom stereocenters. The monoisotopic (exact) mass is 247 g/mol. The minimum absolute atomic E-state index is 0.143. The molecule has 1 N–H and O–H groups in total. The Morgan fingerprint density at radius 3 is 2.67 bits per heavy atom. The fraction of sp³-hybridized carbons (Fsp3) is 0.600. The largest absolute Gasteiger partial charge is 0.378 e. The first kappa shape index (κ1) is 12.2. The van der Waals surface area contributed by atoms with Gasteiger partial charge < -0.3 is 14.8 Å². The van der Waals surface area contributed by atoms with Gasteiger partial charge in [-0.2, -0.15) is 0 Å². The van der Waals surface area contributed by atoms with Gasteiger partial charge in [0.25, 0.3) is 0 Å². The van der Waals surface area contributed by atoms with Crippen molar-refractivity contribution in [2.75, 3.05) is 26.8 Å². The molecule has 3 rings (SSSR count). The van der Waals surface area contributed by atoms with E-state index in [-0.39, 0.29) is 11.7 Å². The Hall–Kier alpha value is -0.900. The summed E-state index contributed by atoms with van der Waals surface area (Å²) < 4.78 is 11.3. The van der Waals surface area contributed by atoms with Gasteiger partial charge in [0.2, 0.25) is 0 Å². The minimum Gasteiger partial charge on any atom is -0.378 e. The molecular formula is C15H21NO2. The van der Waals surface area contributed by atoms with E-state index in [1.165, 1.54) is 24.0 Å². The fourth-order valence-corrected chi connectivity index (χ4v) is 2.59. The van der Waals surface area contributed by atoms with Gasteiger partial charge in [-0.3, -0.25) is 0 Å². The van der Waals surface area contributed by atoms with Gasteiger partial charge in [0.05, 0.1) is 18.3 Å². The topological polar surface area (TPSA) is 30.5 Å². The van der Waals surface area contributed by atoms with Crippen LogP contribution in [0, 0.1) is 0 Å². The molecule has 18 heavy (non-hydrogen) atoms. The molecule has 0 bridgehead atoms. The summed E-state index contributed by atoms with van der Waals surface area (Å²) in [5.41, 5.74) is 2.78. The molecule has 1 unspecified atom stereocenters. The molecule has 2 aliphatic rings. The zero-order valence-electron chi connectivity index (χ0n) is 10.9. The van der Waals surface area contributed by atoms with Crippen LogP contribution in [0.15, 0.2) is 24.3 Å². The van der Waals surface area contributed by atoms with Crippen LogP contribution in [0.4, 0.5) is 0 Å². The molecule has 1 aliphatic heterocycles. The average Bonchev–Trinajstić information content (AvgIpc) is 3.21. The van der Waals surface area contributed by atoms with Gasteiger partial charge in [-0.05, 0) is 24.0 Å². The summed E-state index contributed by atoms with van der Waals surface area (Å²) in [4.78, 5) is 0. The minimum atomic E-state index is 0.143. The lowest BCUT2D eigenvalue weighted by Gasteiger charge is -2.24. The Morgan fingerprint density at radius 1 is 1.33 bits per heavy atom. The average molecular weight is 247 g/mol. The Morgan fingerprint density at radius 2 is 2.11 bits per heavy atom. The molecule has 1 aliphatic carbocycles. The Labute approximate surface area is 108 Å². The molecule has 0 amide bonds. The van der Waals surface area contributed by atoms with E-state index in [9.17, 15) is 0 Å². The third kappa shape index (κ3) is 2.58. The number of rotatable bonds is 4. The predicted octanol–water partition coefficient (Wildman–Crippen LogP) is 2.07. The van der Waals surface area contributed by atoms with Crippen LogP contribution >= 0.6 is 0 Å². The highest BCUT2D eigenvalue weighted by Gasteiger charge is 2.42. The first-order valence-corrected chi connectivity index (χ1v) is 6.78. The second kappa shape index (κ2) is 5.00. The molecule has 0 spiro atoms. The van der Waals surface area contributed by atoms with Crippen molar-refractivity contribution in [3.8, 4) is 0 Å². The maximum Gasteiger partial charge on any atom is 0.0949 e. The van der Waals surface area contributed by atoms with Crippen LogP contribution in [-0.4, -0.2) is 32.4 Å². The fourth-order valence-electron chi connectivity index (χ4n) is 2.59. The molecule has 0 radical (unpaired) electrons. The molecule has 1 saturated carbocycles. The van der Waals surface area contributed by atoms with Gasteiger partial charge in [0, 0.05) is 26.6 Å². The van der Waals surface area contributed by atoms with Crippen molar-refractivity contribution >= 4 is 0 Å². The van der Waals surface area contributed by atoms with E-state index in [1.807, 2.05) is 7.11 Å². The Balaban J connectivity index is 1.65. The van der Waals surface area contributed by atoms with Crippen molar-refractivity contribution in [1.29, 1.82) is 0 Å². The lowest BCUT2D eigenvalue weighted by Crippen LogP contribution is -2.33. The highest BCUT2D eigenvalue weighted by atomic mass is 16.5. The van der Waals surface area contributed by atoms with Gasteiger partial charge >= 0.3 is 0 Å². The number of hydrogen-bond donors (Lipinski definition) is 1. The second-order valence-corrected chi connectivity index (χ2v) is 5.37. The first-order chi connectivity index (χ1) is 8.81. The van der Waals surface area contributed by atoms with Crippen molar-refractivity contribution in [1.82, 2.24) is 5.32 Å². The summed E-state index contributed by atoms with van der Waals surface area (Å²) in [6.07, 6.45) is 3.64. The number of morpholine rings is 1. The summed E-state index contributed by atoms with van der Waals surface area (Å²) >= 11 is 0.